The molecule has 0 radical (unpaired) electrons. The molecule has 240 valence electrons. The van der Waals surface area contributed by atoms with Gasteiger partial charge in [-0.2, -0.15) is 101 Å². The molecule has 6 nitrogen and oxygen atoms in total. The predicted octanol–water partition coefficient (Wildman–Crippen LogP) is 5.89. The Bertz CT molecular complexity index is 1060. The summed E-state index contributed by atoms with van der Waals surface area (Å²) < 4.78 is 309. The number of hydrogen-bond donors (Lipinski definition) is 0. The third-order valence-electron chi connectivity index (χ3n) is 3.55. The molecule has 0 fully saturated rings. The molecule has 0 aliphatic carbocycles. The van der Waals surface area contributed by atoms with E-state index in [0.29, 0.717) is 0 Å². The van der Waals surface area contributed by atoms with Crippen LogP contribution in [0.2, 0.25) is 0 Å². The number of halogens is 22. The lowest BCUT2D eigenvalue weighted by Crippen LogP contribution is -2.70. The van der Waals surface area contributed by atoms with Crippen molar-refractivity contribution in [2.45, 2.75) is 59.7 Å². The van der Waals surface area contributed by atoms with Gasteiger partial charge in [-0.25, -0.2) is 0 Å². The minimum Gasteiger partial charge on any atom is -0.263 e. The fourth-order valence-corrected chi connectivity index (χ4v) is 1.96. The van der Waals surface area contributed by atoms with E-state index in [4.69, 9.17) is 0 Å². The average Bonchev–Trinajstić information content (AvgIpc) is 2.62. The first-order valence-corrected chi connectivity index (χ1v) is 9.22. The van der Waals surface area contributed by atoms with Gasteiger partial charge in [-0.05, 0) is 0 Å². The number of carbonyl (C=O) groups is 1. The summed E-state index contributed by atoms with van der Waals surface area (Å²) in [6.45, 7) is 0. The van der Waals surface area contributed by atoms with Crippen LogP contribution in [0.5, 0.6) is 0 Å². The van der Waals surface area contributed by atoms with E-state index >= 15 is 0 Å². The van der Waals surface area contributed by atoms with Crippen molar-refractivity contribution >= 4 is 16.3 Å². The van der Waals surface area contributed by atoms with Crippen LogP contribution < -0.4 is 0 Å². The molecule has 0 bridgehead atoms. The normalized spacial score (nSPS) is 19.9. The molecule has 0 rings (SSSR count). The van der Waals surface area contributed by atoms with Gasteiger partial charge in [-0.1, -0.05) is 3.89 Å². The van der Waals surface area contributed by atoms with E-state index in [9.17, 15) is 109 Å². The van der Waals surface area contributed by atoms with Crippen LogP contribution in [0.3, 0.4) is 0 Å². The smallest absolute Gasteiger partial charge is 0.263 e. The van der Waals surface area contributed by atoms with Crippen molar-refractivity contribution in [1.82, 2.24) is 0 Å². The quantitative estimate of drug-likeness (QED) is 0.201. The molecular formula is C11F22O6S. The number of rotatable bonds is 11. The third kappa shape index (κ3) is 6.09. The SMILES string of the molecule is O=C(F)C(F)(OC(F)(F)C(F)(OC(F)(F)C(F)(OC(F)(F)C(F)(F)S(=O)(=O)F)C(F)(F)F)C(F)(F)F)C(F)(F)F. The van der Waals surface area contributed by atoms with E-state index in [1.807, 2.05) is 0 Å². The molecule has 3 unspecified atom stereocenters. The highest BCUT2D eigenvalue weighted by molar-refractivity contribution is 7.87. The Morgan fingerprint density at radius 3 is 0.975 bits per heavy atom. The minimum atomic E-state index is -8.75. The Morgan fingerprint density at radius 2 is 0.750 bits per heavy atom. The third-order valence-corrected chi connectivity index (χ3v) is 4.40. The Labute approximate surface area is 200 Å². The molecular weight excluding hydrogens is 678 g/mol. The molecule has 0 heterocycles. The summed E-state index contributed by atoms with van der Waals surface area (Å²) in [7, 11) is -8.39. The molecule has 3 atom stereocenters. The monoisotopic (exact) mass is 678 g/mol. The van der Waals surface area contributed by atoms with Crippen molar-refractivity contribution in [2.75, 3.05) is 0 Å². The first-order chi connectivity index (χ1) is 16.8. The van der Waals surface area contributed by atoms with Gasteiger partial charge in [-0.3, -0.25) is 19.0 Å². The summed E-state index contributed by atoms with van der Waals surface area (Å²) in [5, 5.41) is -7.93. The molecule has 0 aromatic rings. The van der Waals surface area contributed by atoms with Crippen molar-refractivity contribution in [2.24, 2.45) is 0 Å². The van der Waals surface area contributed by atoms with Gasteiger partial charge in [-0.15, -0.1) is 0 Å². The molecule has 0 aliphatic heterocycles. The highest BCUT2D eigenvalue weighted by Gasteiger charge is 2.88. The lowest BCUT2D eigenvalue weighted by Gasteiger charge is -2.42. The molecule has 0 spiro atoms. The number of hydrogen-bond acceptors (Lipinski definition) is 6. The Balaban J connectivity index is 7.29. The summed E-state index contributed by atoms with van der Waals surface area (Å²) in [6, 6.07) is -5.01. The number of alkyl halides is 20. The van der Waals surface area contributed by atoms with E-state index in [2.05, 4.69) is 0 Å². The van der Waals surface area contributed by atoms with Crippen molar-refractivity contribution in [3.8, 4) is 0 Å². The van der Waals surface area contributed by atoms with E-state index in [0.717, 1.165) is 9.47 Å². The highest BCUT2D eigenvalue weighted by atomic mass is 32.3. The van der Waals surface area contributed by atoms with Crippen LogP contribution in [0.1, 0.15) is 0 Å². The zero-order chi connectivity index (χ0) is 33.2. The maximum atomic E-state index is 14.0. The Kier molecular flexibility index (Phi) is 9.27. The maximum absolute atomic E-state index is 14.0. The standard InChI is InChI=1S/C11F22O6S/c12-1(34)2(13,5(16,17)18)37-8(25,26)3(14,6(19,20)21)38-9(27,28)4(15,7(22,23)24)39-10(29,30)11(31,32)40(33,35)36. The van der Waals surface area contributed by atoms with Gasteiger partial charge in [0.1, 0.15) is 0 Å². The van der Waals surface area contributed by atoms with Crippen LogP contribution >= 0.6 is 0 Å². The van der Waals surface area contributed by atoms with E-state index in [1.165, 1.54) is 4.74 Å². The molecule has 0 saturated heterocycles. The largest absolute Gasteiger partial charge is 0.464 e. The summed E-state index contributed by atoms with van der Waals surface area (Å²) in [4.78, 5) is 10.00. The van der Waals surface area contributed by atoms with Crippen LogP contribution in [-0.4, -0.2) is 74.1 Å². The summed E-state index contributed by atoms with van der Waals surface area (Å²) >= 11 is 0. The molecule has 0 N–H and O–H groups in total. The second-order valence-electron chi connectivity index (χ2n) is 6.36. The summed E-state index contributed by atoms with van der Waals surface area (Å²) in [6.07, 6.45) is -49.9. The van der Waals surface area contributed by atoms with E-state index in [1.54, 1.807) is 0 Å². The van der Waals surface area contributed by atoms with Gasteiger partial charge in [0.15, 0.2) is 0 Å². The summed E-state index contributed by atoms with van der Waals surface area (Å²) in [5.41, 5.74) is 0. The summed E-state index contributed by atoms with van der Waals surface area (Å²) in [5.74, 6) is -24.9. The molecule has 0 amide bonds. The van der Waals surface area contributed by atoms with Gasteiger partial charge < -0.3 is 0 Å². The van der Waals surface area contributed by atoms with Crippen molar-refractivity contribution in [3.63, 3.8) is 0 Å². The van der Waals surface area contributed by atoms with Crippen LogP contribution in [0, 0.1) is 0 Å². The van der Waals surface area contributed by atoms with Crippen LogP contribution in [0.4, 0.5) is 96.1 Å². The number of ether oxygens (including phenoxy) is 3. The van der Waals surface area contributed by atoms with Gasteiger partial charge in [0, 0.05) is 0 Å². The van der Waals surface area contributed by atoms with Gasteiger partial charge in [0.05, 0.1) is 0 Å². The van der Waals surface area contributed by atoms with Gasteiger partial charge >= 0.3 is 75.9 Å². The van der Waals surface area contributed by atoms with Gasteiger partial charge in [0.2, 0.25) is 0 Å². The molecule has 0 saturated carbocycles. The van der Waals surface area contributed by atoms with Crippen molar-refractivity contribution < 1.29 is 124 Å². The predicted molar refractivity (Wildman–Crippen MR) is 68.9 cm³/mol. The second-order valence-corrected chi connectivity index (χ2v) is 7.75. The van der Waals surface area contributed by atoms with Crippen LogP contribution in [0.25, 0.3) is 0 Å². The first-order valence-electron chi connectivity index (χ1n) is 7.84. The maximum Gasteiger partial charge on any atom is 0.464 e. The molecule has 0 aliphatic rings. The van der Waals surface area contributed by atoms with Crippen molar-refractivity contribution in [3.05, 3.63) is 0 Å². The van der Waals surface area contributed by atoms with Crippen molar-refractivity contribution in [1.29, 1.82) is 0 Å². The zero-order valence-corrected chi connectivity index (χ0v) is 17.5. The second kappa shape index (κ2) is 9.76. The molecule has 29 heteroatoms. The topological polar surface area (TPSA) is 78.9 Å². The zero-order valence-electron chi connectivity index (χ0n) is 16.7. The fraction of sp³-hybridized carbons (Fsp3) is 0.909. The molecule has 0 aromatic heterocycles. The number of carbonyl (C=O) groups excluding carboxylic acids is 1. The Morgan fingerprint density at radius 1 is 0.475 bits per heavy atom. The lowest BCUT2D eigenvalue weighted by atomic mass is 10.2. The highest BCUT2D eigenvalue weighted by Crippen LogP contribution is 2.58. The first kappa shape index (κ1) is 38.0. The van der Waals surface area contributed by atoms with E-state index in [-0.39, 0.29) is 0 Å². The fourth-order valence-electron chi connectivity index (χ4n) is 1.64. The molecule has 40 heavy (non-hydrogen) atoms. The minimum absolute atomic E-state index is 1.02. The average molecular weight is 678 g/mol. The van der Waals surface area contributed by atoms with Crippen LogP contribution in [0.15, 0.2) is 0 Å². The molecule has 0 aromatic carbocycles. The van der Waals surface area contributed by atoms with Gasteiger partial charge in [0.25, 0.3) is 0 Å². The Hall–Kier alpha value is -2.04. The lowest BCUT2D eigenvalue weighted by molar-refractivity contribution is -0.571. The van der Waals surface area contributed by atoms with E-state index < -0.39 is 75.9 Å². The van der Waals surface area contributed by atoms with Crippen LogP contribution in [-0.2, 0) is 29.2 Å².